The van der Waals surface area contributed by atoms with Crippen molar-refractivity contribution in [2.45, 2.75) is 18.9 Å². The van der Waals surface area contributed by atoms with E-state index in [9.17, 15) is 19.7 Å². The zero-order chi connectivity index (χ0) is 25.5. The number of carbonyl (C=O) groups is 2. The highest BCUT2D eigenvalue weighted by molar-refractivity contribution is 5.82. The van der Waals surface area contributed by atoms with Crippen molar-refractivity contribution < 1.29 is 19.2 Å². The van der Waals surface area contributed by atoms with E-state index in [1.165, 1.54) is 19.2 Å². The Balaban J connectivity index is 1.63. The summed E-state index contributed by atoms with van der Waals surface area (Å²) in [5, 5.41) is 18.7. The molecule has 0 bridgehead atoms. The molecule has 0 saturated heterocycles. The van der Waals surface area contributed by atoms with Crippen LogP contribution in [0.25, 0.3) is 16.9 Å². The number of para-hydroxylation sites is 1. The molecule has 0 radical (unpaired) electrons. The number of esters is 1. The van der Waals surface area contributed by atoms with Crippen LogP contribution in [0.5, 0.6) is 0 Å². The number of hydrogen-bond donors (Lipinski definition) is 1. The van der Waals surface area contributed by atoms with Crippen molar-refractivity contribution in [3.8, 4) is 16.9 Å². The molecule has 1 unspecified atom stereocenters. The summed E-state index contributed by atoms with van der Waals surface area (Å²) in [4.78, 5) is 35.7. The normalized spacial score (nSPS) is 11.5. The second kappa shape index (κ2) is 11.1. The number of non-ortho nitro benzene ring substituents is 1. The van der Waals surface area contributed by atoms with Crippen LogP contribution in [0.3, 0.4) is 0 Å². The smallest absolute Gasteiger partial charge is 0.307 e. The largest absolute Gasteiger partial charge is 0.469 e. The van der Waals surface area contributed by atoms with Gasteiger partial charge in [0.2, 0.25) is 5.91 Å². The summed E-state index contributed by atoms with van der Waals surface area (Å²) in [5.41, 5.74) is 3.37. The van der Waals surface area contributed by atoms with E-state index in [0.717, 1.165) is 11.3 Å². The highest BCUT2D eigenvalue weighted by Crippen LogP contribution is 2.27. The molecule has 0 spiro atoms. The number of ether oxygens (including phenoxy) is 1. The maximum absolute atomic E-state index is 13.1. The molecule has 36 heavy (non-hydrogen) atoms. The van der Waals surface area contributed by atoms with Crippen LogP contribution in [-0.4, -0.2) is 33.7 Å². The van der Waals surface area contributed by atoms with E-state index < -0.39 is 16.9 Å². The quantitative estimate of drug-likeness (QED) is 0.214. The summed E-state index contributed by atoms with van der Waals surface area (Å²) < 4.78 is 6.48. The lowest BCUT2D eigenvalue weighted by Gasteiger charge is -2.18. The van der Waals surface area contributed by atoms with Gasteiger partial charge in [-0.25, -0.2) is 4.68 Å². The highest BCUT2D eigenvalue weighted by atomic mass is 16.6. The fraction of sp³-hybridized carbons (Fsp3) is 0.148. The fourth-order valence-corrected chi connectivity index (χ4v) is 3.84. The molecule has 1 aromatic heterocycles. The molecule has 0 saturated carbocycles. The molecule has 4 rings (SSSR count). The van der Waals surface area contributed by atoms with E-state index in [1.54, 1.807) is 23.0 Å². The Morgan fingerprint density at radius 1 is 1.00 bits per heavy atom. The van der Waals surface area contributed by atoms with Crippen molar-refractivity contribution in [1.29, 1.82) is 0 Å². The van der Waals surface area contributed by atoms with E-state index in [2.05, 4.69) is 10.4 Å². The molecular weight excluding hydrogens is 460 g/mol. The molecule has 9 nitrogen and oxygen atoms in total. The Hall–Kier alpha value is -4.79. The number of nitro groups is 1. The Kier molecular flexibility index (Phi) is 7.50. The maximum Gasteiger partial charge on any atom is 0.307 e. The van der Waals surface area contributed by atoms with Crippen molar-refractivity contribution in [1.82, 2.24) is 15.1 Å². The minimum absolute atomic E-state index is 0.00919. The van der Waals surface area contributed by atoms with Gasteiger partial charge in [-0.1, -0.05) is 48.5 Å². The van der Waals surface area contributed by atoms with Crippen LogP contribution in [0.2, 0.25) is 0 Å². The summed E-state index contributed by atoms with van der Waals surface area (Å²) in [7, 11) is 1.31. The van der Waals surface area contributed by atoms with Crippen LogP contribution in [0.1, 0.15) is 23.6 Å². The molecule has 0 aliphatic carbocycles. The van der Waals surface area contributed by atoms with Gasteiger partial charge in [-0.05, 0) is 29.8 Å². The molecule has 0 fully saturated rings. The second-order valence-electron chi connectivity index (χ2n) is 8.07. The number of hydrogen-bond acceptors (Lipinski definition) is 6. The minimum Gasteiger partial charge on any atom is -0.469 e. The maximum atomic E-state index is 13.1. The number of nitrogens with one attached hydrogen (secondary N) is 1. The van der Waals surface area contributed by atoms with Crippen LogP contribution < -0.4 is 5.32 Å². The molecule has 1 amide bonds. The van der Waals surface area contributed by atoms with Crippen LogP contribution in [-0.2, 0) is 20.7 Å². The first-order valence-corrected chi connectivity index (χ1v) is 11.2. The average molecular weight is 485 g/mol. The number of benzene rings is 3. The summed E-state index contributed by atoms with van der Waals surface area (Å²) in [6, 6.07) is 24.1. The van der Waals surface area contributed by atoms with Crippen LogP contribution in [0, 0.1) is 10.1 Å². The van der Waals surface area contributed by atoms with Gasteiger partial charge in [0.05, 0.1) is 42.3 Å². The zero-order valence-electron chi connectivity index (χ0n) is 19.5. The summed E-state index contributed by atoms with van der Waals surface area (Å²) in [5.74, 6) is -0.740. The average Bonchev–Trinajstić information content (AvgIpc) is 3.32. The number of nitro benzene ring substituents is 1. The molecular formula is C27H24N4O5. The Morgan fingerprint density at radius 3 is 2.25 bits per heavy atom. The number of methoxy groups -OCH3 is 1. The van der Waals surface area contributed by atoms with Crippen molar-refractivity contribution >= 4 is 17.6 Å². The first kappa shape index (κ1) is 24.3. The lowest BCUT2D eigenvalue weighted by atomic mass is 10.0. The third-order valence-corrected chi connectivity index (χ3v) is 5.65. The molecule has 4 aromatic rings. The van der Waals surface area contributed by atoms with Gasteiger partial charge < -0.3 is 10.1 Å². The lowest BCUT2D eigenvalue weighted by molar-refractivity contribution is -0.384. The fourth-order valence-electron chi connectivity index (χ4n) is 3.84. The Morgan fingerprint density at radius 2 is 1.64 bits per heavy atom. The van der Waals surface area contributed by atoms with E-state index in [4.69, 9.17) is 4.74 Å². The number of aromatic nitrogens is 2. The zero-order valence-corrected chi connectivity index (χ0v) is 19.5. The van der Waals surface area contributed by atoms with Gasteiger partial charge in [0.25, 0.3) is 5.69 Å². The van der Waals surface area contributed by atoms with Gasteiger partial charge in [-0.15, -0.1) is 0 Å². The molecule has 0 aliphatic rings. The van der Waals surface area contributed by atoms with Crippen LogP contribution >= 0.6 is 0 Å². The highest BCUT2D eigenvalue weighted by Gasteiger charge is 2.21. The van der Waals surface area contributed by atoms with Crippen molar-refractivity contribution in [2.75, 3.05) is 7.11 Å². The molecule has 1 N–H and O–H groups in total. The van der Waals surface area contributed by atoms with Crippen LogP contribution in [0.15, 0.2) is 91.1 Å². The van der Waals surface area contributed by atoms with E-state index >= 15 is 0 Å². The van der Waals surface area contributed by atoms with Crippen molar-refractivity contribution in [3.63, 3.8) is 0 Å². The van der Waals surface area contributed by atoms with E-state index in [-0.39, 0.29) is 24.4 Å². The summed E-state index contributed by atoms with van der Waals surface area (Å²) >= 11 is 0. The van der Waals surface area contributed by atoms with Crippen molar-refractivity contribution in [3.05, 3.63) is 112 Å². The first-order valence-electron chi connectivity index (χ1n) is 11.2. The predicted octanol–water partition coefficient (Wildman–Crippen LogP) is 4.41. The summed E-state index contributed by atoms with van der Waals surface area (Å²) in [6.07, 6.45) is 1.75. The van der Waals surface area contributed by atoms with Gasteiger partial charge in [0.1, 0.15) is 0 Å². The molecule has 0 aliphatic heterocycles. The Bertz CT molecular complexity index is 1350. The van der Waals surface area contributed by atoms with Gasteiger partial charge in [-0.3, -0.25) is 19.7 Å². The third kappa shape index (κ3) is 5.82. The second-order valence-corrected chi connectivity index (χ2v) is 8.07. The van der Waals surface area contributed by atoms with E-state index in [0.29, 0.717) is 16.8 Å². The van der Waals surface area contributed by atoms with Gasteiger partial charge >= 0.3 is 5.97 Å². The third-order valence-electron chi connectivity index (χ3n) is 5.65. The Labute approximate surface area is 207 Å². The van der Waals surface area contributed by atoms with Crippen LogP contribution in [0.4, 0.5) is 5.69 Å². The standard InChI is InChI=1S/C27H24N4O5/c1-36-26(33)17-24(19-8-4-2-5-9-19)28-25(32)16-21-18-30(22-10-6-3-7-11-22)29-27(21)20-12-14-23(15-13-20)31(34)35/h2-15,18,24H,16-17H2,1H3,(H,28,32). The van der Waals surface area contributed by atoms with E-state index in [1.807, 2.05) is 60.7 Å². The predicted molar refractivity (Wildman–Crippen MR) is 133 cm³/mol. The number of nitrogens with zero attached hydrogens (tertiary/aromatic N) is 3. The molecule has 1 heterocycles. The monoisotopic (exact) mass is 484 g/mol. The summed E-state index contributed by atoms with van der Waals surface area (Å²) in [6.45, 7) is 0. The van der Waals surface area contributed by atoms with Gasteiger partial charge in [0.15, 0.2) is 0 Å². The van der Waals surface area contributed by atoms with Gasteiger partial charge in [0, 0.05) is 29.5 Å². The number of rotatable bonds is 9. The number of amides is 1. The topological polar surface area (TPSA) is 116 Å². The lowest BCUT2D eigenvalue weighted by Crippen LogP contribution is -2.31. The number of carbonyl (C=O) groups excluding carboxylic acids is 2. The minimum atomic E-state index is -0.557. The SMILES string of the molecule is COC(=O)CC(NC(=O)Cc1cn(-c2ccccc2)nc1-c1ccc([N+](=O)[O-])cc1)c1ccccc1. The van der Waals surface area contributed by atoms with Gasteiger partial charge in [-0.2, -0.15) is 5.10 Å². The molecule has 9 heteroatoms. The van der Waals surface area contributed by atoms with Crippen molar-refractivity contribution in [2.24, 2.45) is 0 Å². The molecule has 1 atom stereocenters. The first-order chi connectivity index (χ1) is 17.4. The molecule has 182 valence electrons. The molecule has 3 aromatic carbocycles.